The van der Waals surface area contributed by atoms with E-state index < -0.39 is 5.97 Å². The molecule has 0 fully saturated rings. The lowest BCUT2D eigenvalue weighted by Gasteiger charge is -2.17. The van der Waals surface area contributed by atoms with Crippen molar-refractivity contribution in [1.82, 2.24) is 4.57 Å². The van der Waals surface area contributed by atoms with Crippen molar-refractivity contribution in [3.63, 3.8) is 0 Å². The lowest BCUT2D eigenvalue weighted by Crippen LogP contribution is -2.26. The molecule has 25 heavy (non-hydrogen) atoms. The van der Waals surface area contributed by atoms with E-state index in [2.05, 4.69) is 0 Å². The lowest BCUT2D eigenvalue weighted by molar-refractivity contribution is 0.0515. The van der Waals surface area contributed by atoms with Crippen LogP contribution in [0.5, 0.6) is 0 Å². The van der Waals surface area contributed by atoms with Crippen molar-refractivity contribution >= 4 is 16.7 Å². The molecule has 1 heterocycles. The largest absolute Gasteiger partial charge is 0.461 e. The van der Waals surface area contributed by atoms with Gasteiger partial charge in [-0.25, -0.2) is 4.79 Å². The molecular formula is C21H21NO3. The second-order valence-electron chi connectivity index (χ2n) is 6.16. The van der Waals surface area contributed by atoms with Crippen molar-refractivity contribution in [3.8, 4) is 11.1 Å². The summed E-state index contributed by atoms with van der Waals surface area (Å²) in [5.41, 5.74) is 3.84. The van der Waals surface area contributed by atoms with Gasteiger partial charge in [-0.05, 0) is 48.9 Å². The molecule has 0 amide bonds. The van der Waals surface area contributed by atoms with Gasteiger partial charge in [0.05, 0.1) is 6.61 Å². The first kappa shape index (κ1) is 17.0. The average molecular weight is 335 g/mol. The third-order valence-corrected chi connectivity index (χ3v) is 4.54. The van der Waals surface area contributed by atoms with Gasteiger partial charge in [-0.3, -0.25) is 4.79 Å². The van der Waals surface area contributed by atoms with Crippen molar-refractivity contribution in [2.24, 2.45) is 7.05 Å². The van der Waals surface area contributed by atoms with Crippen molar-refractivity contribution < 1.29 is 9.53 Å². The normalized spacial score (nSPS) is 10.9. The molecule has 3 rings (SSSR count). The van der Waals surface area contributed by atoms with E-state index in [0.717, 1.165) is 27.6 Å². The van der Waals surface area contributed by atoms with Crippen LogP contribution in [0, 0.1) is 13.8 Å². The molecule has 0 atom stereocenters. The van der Waals surface area contributed by atoms with Gasteiger partial charge >= 0.3 is 5.97 Å². The first-order valence-corrected chi connectivity index (χ1v) is 8.32. The van der Waals surface area contributed by atoms with Crippen LogP contribution in [0.25, 0.3) is 21.9 Å². The molecule has 0 bridgehead atoms. The molecule has 0 saturated carbocycles. The number of aromatic nitrogens is 1. The Bertz CT molecular complexity index is 1020. The standard InChI is InChI=1S/C21H21NO3/c1-5-25-21(24)19-18(15-9-7-6-8-10-15)16-11-13(2)14(3)12-17(16)20(23)22(19)4/h6-12H,5H2,1-4H3. The highest BCUT2D eigenvalue weighted by Gasteiger charge is 2.23. The van der Waals surface area contributed by atoms with Gasteiger partial charge in [-0.1, -0.05) is 36.4 Å². The van der Waals surface area contributed by atoms with Crippen LogP contribution in [0.3, 0.4) is 0 Å². The van der Waals surface area contributed by atoms with Crippen molar-refractivity contribution in [1.29, 1.82) is 0 Å². The van der Waals surface area contributed by atoms with Gasteiger partial charge in [-0.2, -0.15) is 0 Å². The Hall–Kier alpha value is -2.88. The van der Waals surface area contributed by atoms with Crippen molar-refractivity contribution in [2.45, 2.75) is 20.8 Å². The van der Waals surface area contributed by atoms with Crippen LogP contribution in [-0.2, 0) is 11.8 Å². The highest BCUT2D eigenvalue weighted by Crippen LogP contribution is 2.32. The maximum Gasteiger partial charge on any atom is 0.355 e. The number of pyridine rings is 1. The topological polar surface area (TPSA) is 48.3 Å². The quantitative estimate of drug-likeness (QED) is 0.680. The summed E-state index contributed by atoms with van der Waals surface area (Å²) >= 11 is 0. The van der Waals surface area contributed by atoms with Crippen LogP contribution in [0.4, 0.5) is 0 Å². The predicted molar refractivity (Wildman–Crippen MR) is 100 cm³/mol. The Morgan fingerprint density at radius 2 is 1.64 bits per heavy atom. The van der Waals surface area contributed by atoms with E-state index in [1.54, 1.807) is 14.0 Å². The fraction of sp³-hybridized carbons (Fsp3) is 0.238. The second-order valence-corrected chi connectivity index (χ2v) is 6.16. The van der Waals surface area contributed by atoms with Crippen LogP contribution >= 0.6 is 0 Å². The number of carbonyl (C=O) groups excluding carboxylic acids is 1. The van der Waals surface area contributed by atoms with E-state index in [1.165, 1.54) is 4.57 Å². The first-order valence-electron chi connectivity index (χ1n) is 8.32. The molecule has 0 aliphatic carbocycles. The maximum absolute atomic E-state index is 12.9. The Labute approximate surface area is 146 Å². The monoisotopic (exact) mass is 335 g/mol. The number of hydrogen-bond donors (Lipinski definition) is 0. The van der Waals surface area contributed by atoms with Gasteiger partial charge in [0.2, 0.25) is 0 Å². The highest BCUT2D eigenvalue weighted by atomic mass is 16.5. The van der Waals surface area contributed by atoms with Crippen LogP contribution in [0.1, 0.15) is 28.5 Å². The minimum atomic E-state index is -0.485. The Kier molecular flexibility index (Phi) is 4.45. The van der Waals surface area contributed by atoms with Gasteiger partial charge in [0.15, 0.2) is 0 Å². The third-order valence-electron chi connectivity index (χ3n) is 4.54. The second kappa shape index (κ2) is 6.55. The molecule has 4 heteroatoms. The summed E-state index contributed by atoms with van der Waals surface area (Å²) in [7, 11) is 1.62. The number of carbonyl (C=O) groups is 1. The van der Waals surface area contributed by atoms with Gasteiger partial charge in [0.1, 0.15) is 5.69 Å². The van der Waals surface area contributed by atoms with Crippen LogP contribution < -0.4 is 5.56 Å². The number of fused-ring (bicyclic) bond motifs is 1. The highest BCUT2D eigenvalue weighted by molar-refractivity contribution is 6.07. The van der Waals surface area contributed by atoms with E-state index >= 15 is 0 Å². The van der Waals surface area contributed by atoms with Gasteiger partial charge in [-0.15, -0.1) is 0 Å². The smallest absolute Gasteiger partial charge is 0.355 e. The Balaban J connectivity index is 2.53. The summed E-state index contributed by atoms with van der Waals surface area (Å²) in [5, 5.41) is 1.39. The zero-order chi connectivity index (χ0) is 18.1. The summed E-state index contributed by atoms with van der Waals surface area (Å²) in [6.07, 6.45) is 0. The zero-order valence-corrected chi connectivity index (χ0v) is 14.9. The number of aryl methyl sites for hydroxylation is 2. The molecule has 0 saturated heterocycles. The van der Waals surface area contributed by atoms with Gasteiger partial charge in [0.25, 0.3) is 5.56 Å². The molecule has 0 aliphatic heterocycles. The van der Waals surface area contributed by atoms with Crippen LogP contribution in [0.2, 0.25) is 0 Å². The maximum atomic E-state index is 12.9. The number of hydrogen-bond acceptors (Lipinski definition) is 3. The molecule has 0 radical (unpaired) electrons. The lowest BCUT2D eigenvalue weighted by atomic mass is 9.94. The Morgan fingerprint density at radius 3 is 2.24 bits per heavy atom. The molecule has 4 nitrogen and oxygen atoms in total. The summed E-state index contributed by atoms with van der Waals surface area (Å²) in [4.78, 5) is 25.5. The SMILES string of the molecule is CCOC(=O)c1c(-c2ccccc2)c2cc(C)c(C)cc2c(=O)n1C. The summed E-state index contributed by atoms with van der Waals surface area (Å²) in [5.74, 6) is -0.485. The van der Waals surface area contributed by atoms with E-state index in [-0.39, 0.29) is 17.9 Å². The molecule has 0 N–H and O–H groups in total. The van der Waals surface area contributed by atoms with Crippen LogP contribution in [-0.4, -0.2) is 17.1 Å². The van der Waals surface area contributed by atoms with E-state index in [4.69, 9.17) is 4.74 Å². The predicted octanol–water partition coefficient (Wildman–Crippen LogP) is 4.00. The fourth-order valence-electron chi connectivity index (χ4n) is 3.11. The van der Waals surface area contributed by atoms with E-state index in [9.17, 15) is 9.59 Å². The number of benzene rings is 2. The average Bonchev–Trinajstić information content (AvgIpc) is 2.60. The summed E-state index contributed by atoms with van der Waals surface area (Å²) in [6, 6.07) is 13.5. The molecule has 0 spiro atoms. The minimum Gasteiger partial charge on any atom is -0.461 e. The summed E-state index contributed by atoms with van der Waals surface area (Å²) < 4.78 is 6.63. The third kappa shape index (κ3) is 2.84. The molecular weight excluding hydrogens is 314 g/mol. The van der Waals surface area contributed by atoms with Crippen LogP contribution in [0.15, 0.2) is 47.3 Å². The zero-order valence-electron chi connectivity index (χ0n) is 14.9. The van der Waals surface area contributed by atoms with Crippen molar-refractivity contribution in [2.75, 3.05) is 6.61 Å². The number of rotatable bonds is 3. The number of ether oxygens (including phenoxy) is 1. The summed E-state index contributed by atoms with van der Waals surface area (Å²) in [6.45, 7) is 6.00. The number of esters is 1. The minimum absolute atomic E-state index is 0.194. The fourth-order valence-corrected chi connectivity index (χ4v) is 3.11. The van der Waals surface area contributed by atoms with Gasteiger partial charge < -0.3 is 9.30 Å². The number of nitrogens with zero attached hydrogens (tertiary/aromatic N) is 1. The Morgan fingerprint density at radius 1 is 1.04 bits per heavy atom. The molecule has 128 valence electrons. The van der Waals surface area contributed by atoms with Crippen molar-refractivity contribution in [3.05, 3.63) is 69.6 Å². The van der Waals surface area contributed by atoms with E-state index in [1.807, 2.05) is 56.3 Å². The molecule has 3 aromatic rings. The molecule has 0 unspecified atom stereocenters. The molecule has 1 aromatic heterocycles. The molecule has 2 aromatic carbocycles. The van der Waals surface area contributed by atoms with Gasteiger partial charge in [0, 0.05) is 18.0 Å². The molecule has 0 aliphatic rings. The van der Waals surface area contributed by atoms with E-state index in [0.29, 0.717) is 5.39 Å². The first-order chi connectivity index (χ1) is 12.0.